The van der Waals surface area contributed by atoms with Crippen LogP contribution in [0.5, 0.6) is 0 Å². The Balaban J connectivity index is 1.86. The summed E-state index contributed by atoms with van der Waals surface area (Å²) >= 11 is 10.8. The summed E-state index contributed by atoms with van der Waals surface area (Å²) in [7, 11) is 0. The average molecular weight is 345 g/mol. The fraction of sp³-hybridized carbons (Fsp3) is 0.154. The molecule has 0 fully saturated rings. The predicted molar refractivity (Wildman–Crippen MR) is 79.0 cm³/mol. The lowest BCUT2D eigenvalue weighted by Gasteiger charge is -2.04. The van der Waals surface area contributed by atoms with Crippen molar-refractivity contribution >= 4 is 44.8 Å². The van der Waals surface area contributed by atoms with Crippen LogP contribution in [-0.4, -0.2) is 5.91 Å². The first-order valence-corrected chi connectivity index (χ1v) is 7.43. The van der Waals surface area contributed by atoms with E-state index in [1.54, 1.807) is 23.5 Å². The number of thiophene rings is 1. The van der Waals surface area contributed by atoms with Gasteiger partial charge in [-0.2, -0.15) is 0 Å². The normalized spacial score (nSPS) is 10.3. The summed E-state index contributed by atoms with van der Waals surface area (Å²) in [5.41, 5.74) is 0.960. The minimum Gasteiger partial charge on any atom is -0.351 e. The summed E-state index contributed by atoms with van der Waals surface area (Å²) in [6.07, 6.45) is 0.375. The molecule has 0 saturated heterocycles. The summed E-state index contributed by atoms with van der Waals surface area (Å²) in [5.74, 6) is 0.0117. The van der Waals surface area contributed by atoms with Crippen molar-refractivity contribution in [1.29, 1.82) is 0 Å². The molecule has 2 aromatic rings. The molecule has 1 aromatic carbocycles. The van der Waals surface area contributed by atoms with Gasteiger partial charge in [0.2, 0.25) is 5.91 Å². The summed E-state index contributed by atoms with van der Waals surface area (Å²) in [5, 5.41) is 5.57. The Bertz CT molecular complexity index is 538. The molecule has 1 heterocycles. The number of carbonyl (C=O) groups is 1. The van der Waals surface area contributed by atoms with Crippen LogP contribution in [0.3, 0.4) is 0 Å². The van der Waals surface area contributed by atoms with Crippen molar-refractivity contribution in [3.8, 4) is 0 Å². The average Bonchev–Trinajstić information content (AvgIpc) is 2.75. The molecule has 94 valence electrons. The Labute approximate surface area is 123 Å². The van der Waals surface area contributed by atoms with E-state index in [0.29, 0.717) is 18.0 Å². The van der Waals surface area contributed by atoms with Gasteiger partial charge >= 0.3 is 0 Å². The second-order valence-corrected chi connectivity index (χ2v) is 6.06. The third kappa shape index (κ3) is 3.83. The van der Waals surface area contributed by atoms with E-state index in [-0.39, 0.29) is 5.91 Å². The molecule has 1 N–H and O–H groups in total. The standard InChI is InChI=1S/C13H11BrClNOS/c14-11-5-6-18-12(11)8-16-13(17)7-9-1-3-10(15)4-2-9/h1-6H,7-8H2,(H,16,17). The Kier molecular flexibility index (Phi) is 4.80. The fourth-order valence-electron chi connectivity index (χ4n) is 1.48. The molecule has 0 spiro atoms. The van der Waals surface area contributed by atoms with Gasteiger partial charge < -0.3 is 5.32 Å². The maximum absolute atomic E-state index is 11.7. The van der Waals surface area contributed by atoms with E-state index < -0.39 is 0 Å². The highest BCUT2D eigenvalue weighted by Gasteiger charge is 2.05. The van der Waals surface area contributed by atoms with Gasteiger partial charge in [0, 0.05) is 14.4 Å². The monoisotopic (exact) mass is 343 g/mol. The molecule has 0 aliphatic rings. The van der Waals surface area contributed by atoms with Gasteiger partial charge in [0.05, 0.1) is 13.0 Å². The lowest BCUT2D eigenvalue weighted by atomic mass is 10.1. The number of benzene rings is 1. The van der Waals surface area contributed by atoms with Gasteiger partial charge in [-0.05, 0) is 45.1 Å². The Hall–Kier alpha value is -0.840. The topological polar surface area (TPSA) is 29.1 Å². The van der Waals surface area contributed by atoms with Crippen LogP contribution in [0.25, 0.3) is 0 Å². The first-order chi connectivity index (χ1) is 8.65. The molecule has 0 aliphatic carbocycles. The van der Waals surface area contributed by atoms with Crippen LogP contribution in [0, 0.1) is 0 Å². The van der Waals surface area contributed by atoms with Crippen molar-refractivity contribution < 1.29 is 4.79 Å². The molecule has 2 rings (SSSR count). The van der Waals surface area contributed by atoms with Crippen LogP contribution in [0.15, 0.2) is 40.2 Å². The van der Waals surface area contributed by atoms with Crippen molar-refractivity contribution in [1.82, 2.24) is 5.32 Å². The summed E-state index contributed by atoms with van der Waals surface area (Å²) < 4.78 is 1.04. The molecule has 1 amide bonds. The van der Waals surface area contributed by atoms with E-state index in [2.05, 4.69) is 21.2 Å². The molecule has 18 heavy (non-hydrogen) atoms. The van der Waals surface area contributed by atoms with Crippen molar-refractivity contribution in [3.63, 3.8) is 0 Å². The van der Waals surface area contributed by atoms with Gasteiger partial charge in [0.15, 0.2) is 0 Å². The van der Waals surface area contributed by atoms with Gasteiger partial charge in [-0.25, -0.2) is 0 Å². The van der Waals surface area contributed by atoms with Crippen LogP contribution < -0.4 is 5.32 Å². The summed E-state index contributed by atoms with van der Waals surface area (Å²) in [6.45, 7) is 0.560. The lowest BCUT2D eigenvalue weighted by Crippen LogP contribution is -2.24. The highest BCUT2D eigenvalue weighted by molar-refractivity contribution is 9.10. The van der Waals surface area contributed by atoms with Crippen molar-refractivity contribution in [2.24, 2.45) is 0 Å². The fourth-order valence-corrected chi connectivity index (χ4v) is 3.04. The van der Waals surface area contributed by atoms with Crippen LogP contribution in [0.2, 0.25) is 5.02 Å². The van der Waals surface area contributed by atoms with E-state index in [0.717, 1.165) is 14.9 Å². The Morgan fingerprint density at radius 2 is 2.00 bits per heavy atom. The molecule has 5 heteroatoms. The van der Waals surface area contributed by atoms with Crippen LogP contribution in [0.4, 0.5) is 0 Å². The summed E-state index contributed by atoms with van der Waals surface area (Å²) in [6, 6.07) is 9.29. The first kappa shape index (κ1) is 13.6. The van der Waals surface area contributed by atoms with Crippen LogP contribution >= 0.6 is 38.9 Å². The smallest absolute Gasteiger partial charge is 0.224 e. The third-order valence-electron chi connectivity index (χ3n) is 2.42. The zero-order valence-electron chi connectivity index (χ0n) is 9.45. The molecule has 0 bridgehead atoms. The van der Waals surface area contributed by atoms with Gasteiger partial charge in [-0.15, -0.1) is 11.3 Å². The minimum absolute atomic E-state index is 0.0117. The molecule has 0 aliphatic heterocycles. The number of carbonyl (C=O) groups excluding carboxylic acids is 1. The number of halogens is 2. The summed E-state index contributed by atoms with van der Waals surface area (Å²) in [4.78, 5) is 12.9. The quantitative estimate of drug-likeness (QED) is 0.891. The number of hydrogen-bond donors (Lipinski definition) is 1. The largest absolute Gasteiger partial charge is 0.351 e. The molecule has 0 atom stereocenters. The van der Waals surface area contributed by atoms with E-state index >= 15 is 0 Å². The zero-order chi connectivity index (χ0) is 13.0. The Morgan fingerprint density at radius 1 is 1.28 bits per heavy atom. The maximum atomic E-state index is 11.7. The SMILES string of the molecule is O=C(Cc1ccc(Cl)cc1)NCc1sccc1Br. The van der Waals surface area contributed by atoms with Crippen LogP contribution in [-0.2, 0) is 17.8 Å². The zero-order valence-corrected chi connectivity index (χ0v) is 12.6. The van der Waals surface area contributed by atoms with E-state index in [9.17, 15) is 4.79 Å². The molecular weight excluding hydrogens is 334 g/mol. The molecule has 0 unspecified atom stereocenters. The van der Waals surface area contributed by atoms with Gasteiger partial charge in [0.1, 0.15) is 0 Å². The highest BCUT2D eigenvalue weighted by Crippen LogP contribution is 2.22. The van der Waals surface area contributed by atoms with Crippen molar-refractivity contribution in [2.45, 2.75) is 13.0 Å². The molecule has 0 radical (unpaired) electrons. The van der Waals surface area contributed by atoms with E-state index in [1.807, 2.05) is 23.6 Å². The van der Waals surface area contributed by atoms with Crippen molar-refractivity contribution in [2.75, 3.05) is 0 Å². The number of nitrogens with one attached hydrogen (secondary N) is 1. The molecule has 1 aromatic heterocycles. The second kappa shape index (κ2) is 6.36. The number of hydrogen-bond acceptors (Lipinski definition) is 2. The lowest BCUT2D eigenvalue weighted by molar-refractivity contribution is -0.120. The first-order valence-electron chi connectivity index (χ1n) is 5.38. The molecular formula is C13H11BrClNOS. The van der Waals surface area contributed by atoms with Gasteiger partial charge in [-0.1, -0.05) is 23.7 Å². The van der Waals surface area contributed by atoms with E-state index in [1.165, 1.54) is 0 Å². The maximum Gasteiger partial charge on any atom is 0.224 e. The minimum atomic E-state index is 0.0117. The third-order valence-corrected chi connectivity index (χ3v) is 4.59. The predicted octanol–water partition coefficient (Wildman–Crippen LogP) is 4.02. The number of amides is 1. The molecule has 2 nitrogen and oxygen atoms in total. The Morgan fingerprint density at radius 3 is 2.61 bits per heavy atom. The van der Waals surface area contributed by atoms with Crippen LogP contribution in [0.1, 0.15) is 10.4 Å². The number of rotatable bonds is 4. The van der Waals surface area contributed by atoms with Crippen molar-refractivity contribution in [3.05, 3.63) is 55.6 Å². The van der Waals surface area contributed by atoms with Gasteiger partial charge in [0.25, 0.3) is 0 Å². The molecule has 0 saturated carbocycles. The second-order valence-electron chi connectivity index (χ2n) is 3.77. The van der Waals surface area contributed by atoms with Gasteiger partial charge in [-0.3, -0.25) is 4.79 Å². The highest BCUT2D eigenvalue weighted by atomic mass is 79.9. The van der Waals surface area contributed by atoms with E-state index in [4.69, 9.17) is 11.6 Å².